The third kappa shape index (κ3) is 3.03. The number of thiazole rings is 1. The molecule has 196 valence electrons. The first-order chi connectivity index (χ1) is 18.9. The highest BCUT2D eigenvalue weighted by atomic mass is 32.1. The van der Waals surface area contributed by atoms with E-state index in [1.54, 1.807) is 21.2 Å². The normalized spacial score (nSPS) is 21.9. The van der Waals surface area contributed by atoms with Gasteiger partial charge in [-0.25, -0.2) is 13.8 Å². The summed E-state index contributed by atoms with van der Waals surface area (Å²) in [5.74, 6) is -2.97. The van der Waals surface area contributed by atoms with Crippen molar-refractivity contribution in [2.45, 2.75) is 37.9 Å². The summed E-state index contributed by atoms with van der Waals surface area (Å²) < 4.78 is 32.1. The van der Waals surface area contributed by atoms with Crippen molar-refractivity contribution >= 4 is 17.2 Å². The predicted octanol–water partition coefficient (Wildman–Crippen LogP) is 5.02. The molecular weight excluding hydrogens is 522 g/mol. The third-order valence-corrected chi connectivity index (χ3v) is 9.74. The van der Waals surface area contributed by atoms with Crippen LogP contribution in [0.5, 0.6) is 5.75 Å². The highest BCUT2D eigenvalue weighted by molar-refractivity contribution is 7.13. The van der Waals surface area contributed by atoms with Crippen molar-refractivity contribution in [3.8, 4) is 27.4 Å². The van der Waals surface area contributed by atoms with E-state index in [-0.39, 0.29) is 16.7 Å². The number of rotatable bonds is 1. The van der Waals surface area contributed by atoms with Gasteiger partial charge in [-0.2, -0.15) is 0 Å². The Kier molecular flexibility index (Phi) is 4.55. The number of nitrogens with zero attached hydrogens (tertiary/aromatic N) is 4. The lowest BCUT2D eigenvalue weighted by atomic mass is 9.87. The third-order valence-electron chi connectivity index (χ3n) is 8.88. The summed E-state index contributed by atoms with van der Waals surface area (Å²) in [6, 6.07) is 11.0. The zero-order valence-corrected chi connectivity index (χ0v) is 21.4. The molecule has 2 atom stereocenters. The van der Waals surface area contributed by atoms with Crippen LogP contribution in [0.4, 0.5) is 8.78 Å². The largest absolute Gasteiger partial charge is 0.502 e. The van der Waals surface area contributed by atoms with E-state index in [2.05, 4.69) is 4.98 Å². The number of hydrogen-bond acceptors (Lipinski definition) is 6. The number of aromatic hydroxyl groups is 1. The maximum atomic E-state index is 15.7. The molecule has 4 aliphatic rings. The molecule has 2 aromatic heterocycles. The van der Waals surface area contributed by atoms with Gasteiger partial charge >= 0.3 is 0 Å². The van der Waals surface area contributed by atoms with E-state index >= 15 is 4.39 Å². The number of halogens is 2. The Morgan fingerprint density at radius 3 is 2.67 bits per heavy atom. The number of hydrogen-bond donors (Lipinski definition) is 1. The summed E-state index contributed by atoms with van der Waals surface area (Å²) in [4.78, 5) is 33.2. The van der Waals surface area contributed by atoms with E-state index in [9.17, 15) is 19.1 Å². The minimum absolute atomic E-state index is 0.0830. The van der Waals surface area contributed by atoms with Gasteiger partial charge in [0.2, 0.25) is 5.43 Å². The Morgan fingerprint density at radius 2 is 1.85 bits per heavy atom. The quantitative estimate of drug-likeness (QED) is 0.364. The van der Waals surface area contributed by atoms with Gasteiger partial charge in [-0.05, 0) is 53.9 Å². The highest BCUT2D eigenvalue weighted by Crippen LogP contribution is 2.58. The smallest absolute Gasteiger partial charge is 0.278 e. The lowest BCUT2D eigenvalue weighted by Crippen LogP contribution is -2.65. The second-order valence-electron chi connectivity index (χ2n) is 10.9. The molecule has 0 bridgehead atoms. The van der Waals surface area contributed by atoms with Crippen LogP contribution in [-0.4, -0.2) is 38.3 Å². The van der Waals surface area contributed by atoms with Gasteiger partial charge in [0.15, 0.2) is 23.1 Å². The molecule has 2 fully saturated rings. The van der Waals surface area contributed by atoms with Gasteiger partial charge in [0.1, 0.15) is 6.17 Å². The first-order valence-corrected chi connectivity index (χ1v) is 13.8. The van der Waals surface area contributed by atoms with Gasteiger partial charge in [0, 0.05) is 24.4 Å². The molecule has 10 heteroatoms. The fourth-order valence-corrected chi connectivity index (χ4v) is 7.58. The molecule has 1 saturated carbocycles. The van der Waals surface area contributed by atoms with Crippen LogP contribution in [0, 0.1) is 17.0 Å². The molecule has 7 nitrogen and oxygen atoms in total. The van der Waals surface area contributed by atoms with Crippen LogP contribution in [0.25, 0.3) is 21.7 Å². The maximum Gasteiger partial charge on any atom is 0.278 e. The molecule has 4 aromatic rings. The summed E-state index contributed by atoms with van der Waals surface area (Å²) in [7, 11) is 0. The Balaban J connectivity index is 1.47. The molecule has 2 aromatic carbocycles. The molecule has 1 N–H and O–H groups in total. The van der Waals surface area contributed by atoms with E-state index in [1.807, 2.05) is 29.3 Å². The van der Waals surface area contributed by atoms with Gasteiger partial charge in [-0.3, -0.25) is 19.3 Å². The summed E-state index contributed by atoms with van der Waals surface area (Å²) in [5.41, 5.74) is 3.61. The van der Waals surface area contributed by atoms with E-state index in [0.717, 1.165) is 41.3 Å². The summed E-state index contributed by atoms with van der Waals surface area (Å²) >= 11 is 1.36. The molecule has 8 rings (SSSR count). The summed E-state index contributed by atoms with van der Waals surface area (Å²) in [6.07, 6.45) is 4.76. The Bertz CT molecular complexity index is 1780. The molecule has 2 aliphatic carbocycles. The average Bonchev–Trinajstić information content (AvgIpc) is 3.53. The minimum atomic E-state index is -0.979. The van der Waals surface area contributed by atoms with Gasteiger partial charge in [-0.1, -0.05) is 30.3 Å². The zero-order chi connectivity index (χ0) is 26.6. The summed E-state index contributed by atoms with van der Waals surface area (Å²) in [5, 5.41) is 12.8. The van der Waals surface area contributed by atoms with Gasteiger partial charge < -0.3 is 10.0 Å². The molecule has 1 spiro atoms. The van der Waals surface area contributed by atoms with Crippen molar-refractivity contribution in [1.82, 2.24) is 14.6 Å². The number of pyridine rings is 1. The van der Waals surface area contributed by atoms with Crippen LogP contribution >= 0.6 is 11.3 Å². The van der Waals surface area contributed by atoms with Crippen molar-refractivity contribution < 1.29 is 18.7 Å². The van der Waals surface area contributed by atoms with Crippen molar-refractivity contribution in [2.75, 3.05) is 11.6 Å². The predicted molar refractivity (Wildman–Crippen MR) is 141 cm³/mol. The van der Waals surface area contributed by atoms with Crippen LogP contribution in [0.3, 0.4) is 0 Å². The number of carbonyl (C=O) groups excluding carboxylic acids is 1. The molecule has 2 unspecified atom stereocenters. The van der Waals surface area contributed by atoms with Crippen molar-refractivity contribution in [3.63, 3.8) is 0 Å². The molecule has 0 radical (unpaired) electrons. The second-order valence-corrected chi connectivity index (χ2v) is 11.7. The Morgan fingerprint density at radius 1 is 1.03 bits per heavy atom. The first-order valence-electron chi connectivity index (χ1n) is 12.9. The lowest BCUT2D eigenvalue weighted by Gasteiger charge is -2.53. The van der Waals surface area contributed by atoms with E-state index < -0.39 is 40.9 Å². The van der Waals surface area contributed by atoms with Crippen molar-refractivity contribution in [2.24, 2.45) is 5.41 Å². The van der Waals surface area contributed by atoms with Crippen LogP contribution in [0.1, 0.15) is 53.3 Å². The number of amides is 1. The SMILES string of the molecule is O=C1c2c(O)c(=O)ccn2N(C2c3ccccc3-c3scnc3-c3c2ccc(F)c3F)C2CC3(CCN12)CC3. The van der Waals surface area contributed by atoms with Gasteiger partial charge in [-0.15, -0.1) is 11.3 Å². The monoisotopic (exact) mass is 544 g/mol. The number of aromatic nitrogens is 2. The van der Waals surface area contributed by atoms with E-state index in [0.29, 0.717) is 24.2 Å². The van der Waals surface area contributed by atoms with Crippen molar-refractivity contribution in [3.05, 3.63) is 92.9 Å². The molecule has 39 heavy (non-hydrogen) atoms. The fraction of sp³-hybridized carbons (Fsp3) is 0.276. The van der Waals surface area contributed by atoms with Gasteiger partial charge in [0.05, 0.1) is 22.1 Å². The van der Waals surface area contributed by atoms with E-state index in [4.69, 9.17) is 0 Å². The van der Waals surface area contributed by atoms with Crippen LogP contribution in [0.15, 0.2) is 59.0 Å². The van der Waals surface area contributed by atoms with Gasteiger partial charge in [0.25, 0.3) is 5.91 Å². The van der Waals surface area contributed by atoms with Crippen LogP contribution in [0.2, 0.25) is 0 Å². The Labute approximate surface area is 225 Å². The molecule has 1 saturated heterocycles. The number of carbonyl (C=O) groups is 1. The highest BCUT2D eigenvalue weighted by Gasteiger charge is 2.55. The average molecular weight is 545 g/mol. The summed E-state index contributed by atoms with van der Waals surface area (Å²) in [6.45, 7) is 0.483. The standard InChI is InChI=1S/C29H22F2N4O3S/c30-18-6-5-17-21(22(18)31)23-27(39-14-32-23)16-4-2-1-3-15(16)24(17)35-20-13-29(8-9-29)10-12-33(20)28(38)25-26(37)19(36)7-11-34(25)35/h1-7,11,14,20,24,37H,8-10,12-13H2. The van der Waals surface area contributed by atoms with Crippen molar-refractivity contribution in [1.29, 1.82) is 0 Å². The topological polar surface area (TPSA) is 78.7 Å². The van der Waals surface area contributed by atoms with E-state index in [1.165, 1.54) is 23.6 Å². The molecule has 2 aliphatic heterocycles. The number of piperidine rings is 1. The molecular formula is C29H22F2N4O3S. The number of benzene rings is 2. The number of fused-ring (bicyclic) bond motifs is 7. The second kappa shape index (κ2) is 7.75. The fourth-order valence-electron chi connectivity index (χ4n) is 6.74. The first kappa shape index (κ1) is 22.9. The minimum Gasteiger partial charge on any atom is -0.502 e. The lowest BCUT2D eigenvalue weighted by molar-refractivity contribution is 0.0349. The van der Waals surface area contributed by atoms with Crippen LogP contribution < -0.4 is 10.4 Å². The zero-order valence-electron chi connectivity index (χ0n) is 20.6. The van der Waals surface area contributed by atoms with Crippen LogP contribution in [-0.2, 0) is 0 Å². The maximum absolute atomic E-state index is 15.7. The molecule has 1 amide bonds. The Hall–Kier alpha value is -4.05. The molecule has 4 heterocycles.